The third-order valence-electron chi connectivity index (χ3n) is 5.06. The molecule has 0 spiro atoms. The van der Waals surface area contributed by atoms with Gasteiger partial charge in [0.1, 0.15) is 29.4 Å². The van der Waals surface area contributed by atoms with Gasteiger partial charge in [-0.15, -0.1) is 0 Å². The zero-order valence-electron chi connectivity index (χ0n) is 18.3. The summed E-state index contributed by atoms with van der Waals surface area (Å²) in [5.41, 5.74) is 0.682. The van der Waals surface area contributed by atoms with E-state index in [0.717, 1.165) is 16.1 Å². The average molecular weight is 449 g/mol. The van der Waals surface area contributed by atoms with E-state index in [-0.39, 0.29) is 12.6 Å². The first-order chi connectivity index (χ1) is 14.5. The summed E-state index contributed by atoms with van der Waals surface area (Å²) in [5, 5.41) is 2.97. The summed E-state index contributed by atoms with van der Waals surface area (Å²) in [5.74, 6) is 1.49. The Morgan fingerprint density at radius 1 is 1.13 bits per heavy atom. The molecular formula is C22H28N2O6S. The highest BCUT2D eigenvalue weighted by Crippen LogP contribution is 2.41. The van der Waals surface area contributed by atoms with Crippen LogP contribution in [0.3, 0.4) is 0 Å². The van der Waals surface area contributed by atoms with Crippen molar-refractivity contribution in [3.8, 4) is 17.2 Å². The van der Waals surface area contributed by atoms with Gasteiger partial charge in [0.05, 0.1) is 32.2 Å². The van der Waals surface area contributed by atoms with Gasteiger partial charge in [0.15, 0.2) is 0 Å². The maximum atomic E-state index is 12.9. The fourth-order valence-corrected chi connectivity index (χ4v) is 4.46. The van der Waals surface area contributed by atoms with Gasteiger partial charge >= 0.3 is 0 Å². The molecule has 2 aromatic carbocycles. The number of ether oxygens (including phenoxy) is 3. The molecule has 1 atom stereocenters. The number of carbonyl (C=O) groups is 1. The third kappa shape index (κ3) is 5.41. The number of nitrogens with zero attached hydrogens (tertiary/aromatic N) is 1. The lowest BCUT2D eigenvalue weighted by atomic mass is 9.89. The Kier molecular flexibility index (Phi) is 6.35. The number of carbonyl (C=O) groups excluding carboxylic acids is 1. The number of hydrogen-bond acceptors (Lipinski definition) is 6. The molecule has 1 aliphatic heterocycles. The Morgan fingerprint density at radius 2 is 1.74 bits per heavy atom. The van der Waals surface area contributed by atoms with Gasteiger partial charge in [-0.25, -0.2) is 8.42 Å². The lowest BCUT2D eigenvalue weighted by molar-refractivity contribution is -0.120. The van der Waals surface area contributed by atoms with E-state index in [1.54, 1.807) is 37.4 Å². The first kappa shape index (κ1) is 22.7. The Balaban J connectivity index is 1.84. The molecule has 0 bridgehead atoms. The fourth-order valence-electron chi connectivity index (χ4n) is 3.61. The van der Waals surface area contributed by atoms with Crippen LogP contribution in [0.2, 0.25) is 0 Å². The summed E-state index contributed by atoms with van der Waals surface area (Å²) in [4.78, 5) is 12.9. The highest BCUT2D eigenvalue weighted by molar-refractivity contribution is 7.92. The number of fused-ring (bicyclic) bond motifs is 1. The SMILES string of the molecule is COc1ccc(N(CC(=O)NC2CC(C)(C)Oc3ccc(OC)cc32)S(C)(=O)=O)cc1. The molecule has 0 aliphatic carbocycles. The summed E-state index contributed by atoms with van der Waals surface area (Å²) in [6.07, 6.45) is 1.60. The third-order valence-corrected chi connectivity index (χ3v) is 6.20. The first-order valence-electron chi connectivity index (χ1n) is 9.80. The minimum atomic E-state index is -3.68. The molecule has 0 saturated carbocycles. The van der Waals surface area contributed by atoms with Crippen LogP contribution in [0.4, 0.5) is 5.69 Å². The molecule has 8 nitrogen and oxygen atoms in total. The van der Waals surface area contributed by atoms with Gasteiger partial charge in [-0.3, -0.25) is 9.10 Å². The van der Waals surface area contributed by atoms with E-state index in [4.69, 9.17) is 14.2 Å². The Labute approximate surface area is 183 Å². The smallest absolute Gasteiger partial charge is 0.241 e. The van der Waals surface area contributed by atoms with Crippen molar-refractivity contribution in [1.82, 2.24) is 5.32 Å². The minimum Gasteiger partial charge on any atom is -0.497 e. The van der Waals surface area contributed by atoms with Crippen LogP contribution < -0.4 is 23.8 Å². The minimum absolute atomic E-state index is 0.345. The maximum absolute atomic E-state index is 12.9. The van der Waals surface area contributed by atoms with Crippen LogP contribution >= 0.6 is 0 Å². The van der Waals surface area contributed by atoms with Gasteiger partial charge < -0.3 is 19.5 Å². The molecule has 1 N–H and O–H groups in total. The standard InChI is InChI=1S/C22H28N2O6S/c1-22(2)13-19(18-12-17(29-4)10-11-20(18)30-22)23-21(25)14-24(31(5,26)27)15-6-8-16(28-3)9-7-15/h6-12,19H,13-14H2,1-5H3,(H,23,25). The second-order valence-corrected chi connectivity index (χ2v) is 9.96. The zero-order chi connectivity index (χ0) is 22.8. The van der Waals surface area contributed by atoms with Crippen LogP contribution in [-0.2, 0) is 14.8 Å². The molecule has 1 heterocycles. The maximum Gasteiger partial charge on any atom is 0.241 e. The summed E-state index contributed by atoms with van der Waals surface area (Å²) in [7, 11) is -0.582. The fraction of sp³-hybridized carbons (Fsp3) is 0.409. The van der Waals surface area contributed by atoms with Gasteiger partial charge in [-0.1, -0.05) is 0 Å². The lowest BCUT2D eigenvalue weighted by Crippen LogP contribution is -2.45. The van der Waals surface area contributed by atoms with Gasteiger partial charge in [0.2, 0.25) is 15.9 Å². The molecule has 0 radical (unpaired) electrons. The van der Waals surface area contributed by atoms with Crippen molar-refractivity contribution in [2.75, 3.05) is 31.3 Å². The molecule has 1 unspecified atom stereocenters. The second-order valence-electron chi connectivity index (χ2n) is 8.06. The van der Waals surface area contributed by atoms with Crippen LogP contribution in [0.25, 0.3) is 0 Å². The predicted octanol–water partition coefficient (Wildman–Crippen LogP) is 2.89. The molecule has 1 aliphatic rings. The van der Waals surface area contributed by atoms with Gasteiger partial charge in [0, 0.05) is 12.0 Å². The van der Waals surface area contributed by atoms with E-state index >= 15 is 0 Å². The number of nitrogens with one attached hydrogen (secondary N) is 1. The molecule has 2 aromatic rings. The number of amides is 1. The molecule has 0 saturated heterocycles. The number of anilines is 1. The topological polar surface area (TPSA) is 94.2 Å². The number of rotatable bonds is 7. The van der Waals surface area contributed by atoms with Crippen molar-refractivity contribution in [2.24, 2.45) is 0 Å². The highest BCUT2D eigenvalue weighted by Gasteiger charge is 2.35. The summed E-state index contributed by atoms with van der Waals surface area (Å²) < 4.78 is 42.3. The Hall–Kier alpha value is -2.94. The van der Waals surface area contributed by atoms with Gasteiger partial charge in [-0.05, 0) is 56.3 Å². The van der Waals surface area contributed by atoms with E-state index in [0.29, 0.717) is 29.4 Å². The lowest BCUT2D eigenvalue weighted by Gasteiger charge is -2.38. The predicted molar refractivity (Wildman–Crippen MR) is 118 cm³/mol. The number of benzene rings is 2. The van der Waals surface area contributed by atoms with E-state index in [9.17, 15) is 13.2 Å². The molecular weight excluding hydrogens is 420 g/mol. The molecule has 0 aromatic heterocycles. The summed E-state index contributed by atoms with van der Waals surface area (Å²) in [6.45, 7) is 3.54. The summed E-state index contributed by atoms with van der Waals surface area (Å²) in [6, 6.07) is 11.6. The van der Waals surface area contributed by atoms with Crippen LogP contribution in [0.1, 0.15) is 31.9 Å². The summed E-state index contributed by atoms with van der Waals surface area (Å²) >= 11 is 0. The van der Waals surface area contributed by atoms with Gasteiger partial charge in [0.25, 0.3) is 0 Å². The molecule has 3 rings (SSSR count). The molecule has 9 heteroatoms. The number of sulfonamides is 1. The second kappa shape index (κ2) is 8.66. The van der Waals surface area contributed by atoms with Crippen molar-refractivity contribution >= 4 is 21.6 Å². The van der Waals surface area contributed by atoms with E-state index in [1.807, 2.05) is 26.0 Å². The van der Waals surface area contributed by atoms with E-state index < -0.39 is 21.5 Å². The molecule has 168 valence electrons. The first-order valence-corrected chi connectivity index (χ1v) is 11.7. The Bertz CT molecular complexity index is 1050. The molecule has 31 heavy (non-hydrogen) atoms. The average Bonchev–Trinajstić information content (AvgIpc) is 2.70. The van der Waals surface area contributed by atoms with E-state index in [1.165, 1.54) is 7.11 Å². The molecule has 1 amide bonds. The van der Waals surface area contributed by atoms with Crippen molar-refractivity contribution in [1.29, 1.82) is 0 Å². The van der Waals surface area contributed by atoms with Crippen LogP contribution in [0, 0.1) is 0 Å². The number of hydrogen-bond donors (Lipinski definition) is 1. The Morgan fingerprint density at radius 3 is 2.32 bits per heavy atom. The quantitative estimate of drug-likeness (QED) is 0.700. The van der Waals surface area contributed by atoms with Crippen molar-refractivity contribution in [3.63, 3.8) is 0 Å². The van der Waals surface area contributed by atoms with Crippen LogP contribution in [0.15, 0.2) is 42.5 Å². The van der Waals surface area contributed by atoms with Crippen molar-refractivity contribution in [3.05, 3.63) is 48.0 Å². The zero-order valence-corrected chi connectivity index (χ0v) is 19.2. The largest absolute Gasteiger partial charge is 0.497 e. The highest BCUT2D eigenvalue weighted by atomic mass is 32.2. The molecule has 0 fully saturated rings. The van der Waals surface area contributed by atoms with Crippen LogP contribution in [0.5, 0.6) is 17.2 Å². The van der Waals surface area contributed by atoms with Crippen molar-refractivity contribution in [2.45, 2.75) is 31.9 Å². The van der Waals surface area contributed by atoms with E-state index in [2.05, 4.69) is 5.32 Å². The van der Waals surface area contributed by atoms with Gasteiger partial charge in [-0.2, -0.15) is 0 Å². The normalized spacial score (nSPS) is 17.1. The monoisotopic (exact) mass is 448 g/mol. The number of methoxy groups -OCH3 is 2. The van der Waals surface area contributed by atoms with Crippen molar-refractivity contribution < 1.29 is 27.4 Å². The van der Waals surface area contributed by atoms with Crippen LogP contribution in [-0.4, -0.2) is 46.9 Å².